The lowest BCUT2D eigenvalue weighted by Crippen LogP contribution is -2.32. The van der Waals surface area contributed by atoms with Crippen LogP contribution in [0, 0.1) is 5.82 Å². The van der Waals surface area contributed by atoms with Crippen molar-refractivity contribution in [2.45, 2.75) is 0 Å². The van der Waals surface area contributed by atoms with Crippen molar-refractivity contribution in [2.24, 2.45) is 5.10 Å². The average molecular weight is 286 g/mol. The number of hydrazone groups is 1. The third kappa shape index (κ3) is 4.20. The number of aromatic nitrogens is 1. The van der Waals surface area contributed by atoms with Gasteiger partial charge >= 0.3 is 11.8 Å². The fraction of sp³-hybridized carbons (Fsp3) is 0. The topological polar surface area (TPSA) is 83.5 Å². The Balaban J connectivity index is 1.90. The second-order valence-electron chi connectivity index (χ2n) is 3.92. The Morgan fingerprint density at radius 3 is 2.67 bits per heavy atom. The summed E-state index contributed by atoms with van der Waals surface area (Å²) in [5, 5.41) is 5.75. The summed E-state index contributed by atoms with van der Waals surface area (Å²) in [6.45, 7) is 0. The average Bonchev–Trinajstić information content (AvgIpc) is 2.50. The molecule has 0 unspecified atom stereocenters. The second-order valence-corrected chi connectivity index (χ2v) is 3.92. The fourth-order valence-electron chi connectivity index (χ4n) is 1.41. The Labute approximate surface area is 119 Å². The number of carbonyl (C=O) groups excluding carboxylic acids is 2. The van der Waals surface area contributed by atoms with Gasteiger partial charge in [-0.05, 0) is 18.2 Å². The van der Waals surface area contributed by atoms with Crippen LogP contribution in [0.3, 0.4) is 0 Å². The van der Waals surface area contributed by atoms with Crippen molar-refractivity contribution in [3.8, 4) is 0 Å². The van der Waals surface area contributed by atoms with E-state index in [0.29, 0.717) is 5.56 Å². The van der Waals surface area contributed by atoms with Crippen molar-refractivity contribution >= 4 is 23.7 Å². The third-order valence-corrected chi connectivity index (χ3v) is 2.39. The molecule has 1 aromatic carbocycles. The highest BCUT2D eigenvalue weighted by atomic mass is 19.1. The van der Waals surface area contributed by atoms with Crippen molar-refractivity contribution in [3.05, 3.63) is 60.2 Å². The standard InChI is InChI=1S/C14H11FN4O2/c15-11-5-1-2-6-12(11)18-13(20)14(21)19-17-9-10-4-3-7-16-8-10/h1-9H,(H,18,20)(H,19,21)/b17-9+. The number of hydrogen-bond donors (Lipinski definition) is 2. The van der Waals surface area contributed by atoms with E-state index in [1.54, 1.807) is 18.3 Å². The number of halogens is 1. The maximum absolute atomic E-state index is 13.3. The maximum Gasteiger partial charge on any atom is 0.329 e. The van der Waals surface area contributed by atoms with Crippen LogP contribution in [0.4, 0.5) is 10.1 Å². The van der Waals surface area contributed by atoms with Crippen molar-refractivity contribution < 1.29 is 14.0 Å². The van der Waals surface area contributed by atoms with Crippen LogP contribution >= 0.6 is 0 Å². The van der Waals surface area contributed by atoms with Crippen LogP contribution in [0.5, 0.6) is 0 Å². The summed E-state index contributed by atoms with van der Waals surface area (Å²) >= 11 is 0. The minimum absolute atomic E-state index is 0.0751. The van der Waals surface area contributed by atoms with Gasteiger partial charge in [0.15, 0.2) is 0 Å². The smallest absolute Gasteiger partial charge is 0.315 e. The van der Waals surface area contributed by atoms with Gasteiger partial charge in [0.25, 0.3) is 0 Å². The predicted molar refractivity (Wildman–Crippen MR) is 75.0 cm³/mol. The number of pyridine rings is 1. The third-order valence-electron chi connectivity index (χ3n) is 2.39. The number of para-hydroxylation sites is 1. The normalized spacial score (nSPS) is 10.3. The molecule has 0 atom stereocenters. The first-order valence-corrected chi connectivity index (χ1v) is 5.96. The Hall–Kier alpha value is -3.09. The molecular formula is C14H11FN4O2. The van der Waals surface area contributed by atoms with Crippen molar-refractivity contribution in [1.29, 1.82) is 0 Å². The number of rotatable bonds is 3. The highest BCUT2D eigenvalue weighted by Gasteiger charge is 2.14. The van der Waals surface area contributed by atoms with E-state index in [2.05, 4.69) is 15.4 Å². The van der Waals surface area contributed by atoms with Gasteiger partial charge in [-0.2, -0.15) is 5.10 Å². The molecule has 1 heterocycles. The van der Waals surface area contributed by atoms with Crippen molar-refractivity contribution in [2.75, 3.05) is 5.32 Å². The first-order chi connectivity index (χ1) is 10.2. The largest absolute Gasteiger partial charge is 0.329 e. The molecule has 0 saturated carbocycles. The molecule has 0 aliphatic heterocycles. The summed E-state index contributed by atoms with van der Waals surface area (Å²) in [6.07, 6.45) is 4.47. The molecule has 0 radical (unpaired) electrons. The summed E-state index contributed by atoms with van der Waals surface area (Å²) in [7, 11) is 0. The van der Waals surface area contributed by atoms with Crippen molar-refractivity contribution in [3.63, 3.8) is 0 Å². The quantitative estimate of drug-likeness (QED) is 0.507. The monoisotopic (exact) mass is 286 g/mol. The van der Waals surface area contributed by atoms with Crippen LogP contribution in [-0.2, 0) is 9.59 Å². The van der Waals surface area contributed by atoms with Crippen LogP contribution in [0.15, 0.2) is 53.9 Å². The van der Waals surface area contributed by atoms with Gasteiger partial charge in [0.2, 0.25) is 0 Å². The van der Waals surface area contributed by atoms with E-state index in [9.17, 15) is 14.0 Å². The Morgan fingerprint density at radius 2 is 1.95 bits per heavy atom. The molecule has 0 aliphatic carbocycles. The minimum Gasteiger partial charge on any atom is -0.315 e. The van der Waals surface area contributed by atoms with Crippen LogP contribution in [0.1, 0.15) is 5.56 Å². The summed E-state index contributed by atoms with van der Waals surface area (Å²) in [5.74, 6) is -2.64. The Kier molecular flexibility index (Phi) is 4.70. The number of benzene rings is 1. The highest BCUT2D eigenvalue weighted by Crippen LogP contribution is 2.11. The number of nitrogens with zero attached hydrogens (tertiary/aromatic N) is 2. The van der Waals surface area contributed by atoms with E-state index < -0.39 is 17.6 Å². The summed E-state index contributed by atoms with van der Waals surface area (Å²) < 4.78 is 13.3. The molecule has 2 aromatic rings. The molecule has 1 aromatic heterocycles. The molecule has 7 heteroatoms. The molecule has 106 valence electrons. The lowest BCUT2D eigenvalue weighted by Gasteiger charge is -2.04. The minimum atomic E-state index is -1.01. The van der Waals surface area contributed by atoms with Crippen molar-refractivity contribution in [1.82, 2.24) is 10.4 Å². The SMILES string of the molecule is O=C(N/N=C/c1cccnc1)C(=O)Nc1ccccc1F. The van der Waals surface area contributed by atoms with E-state index in [0.717, 1.165) is 0 Å². The van der Waals surface area contributed by atoms with E-state index in [-0.39, 0.29) is 5.69 Å². The summed E-state index contributed by atoms with van der Waals surface area (Å²) in [5.41, 5.74) is 2.62. The molecule has 0 aliphatic rings. The second kappa shape index (κ2) is 6.90. The molecular weight excluding hydrogens is 275 g/mol. The van der Waals surface area contributed by atoms with Crippen LogP contribution in [-0.4, -0.2) is 23.0 Å². The number of amides is 2. The molecule has 0 fully saturated rings. The van der Waals surface area contributed by atoms with Crippen LogP contribution < -0.4 is 10.7 Å². The fourth-order valence-corrected chi connectivity index (χ4v) is 1.41. The summed E-state index contributed by atoms with van der Waals surface area (Å²) in [4.78, 5) is 26.9. The zero-order valence-electron chi connectivity index (χ0n) is 10.8. The first-order valence-electron chi connectivity index (χ1n) is 5.96. The van der Waals surface area contributed by atoms with E-state index in [1.165, 1.54) is 36.7 Å². The van der Waals surface area contributed by atoms with Gasteiger partial charge in [0, 0.05) is 18.0 Å². The lowest BCUT2D eigenvalue weighted by atomic mass is 10.3. The van der Waals surface area contributed by atoms with E-state index >= 15 is 0 Å². The number of carbonyl (C=O) groups is 2. The lowest BCUT2D eigenvalue weighted by molar-refractivity contribution is -0.136. The Morgan fingerprint density at radius 1 is 1.14 bits per heavy atom. The molecule has 2 N–H and O–H groups in total. The van der Waals surface area contributed by atoms with Gasteiger partial charge in [0.05, 0.1) is 11.9 Å². The van der Waals surface area contributed by atoms with Gasteiger partial charge < -0.3 is 5.32 Å². The molecule has 2 rings (SSSR count). The molecule has 0 bridgehead atoms. The highest BCUT2D eigenvalue weighted by molar-refractivity contribution is 6.39. The summed E-state index contributed by atoms with van der Waals surface area (Å²) in [6, 6.07) is 8.96. The zero-order valence-corrected chi connectivity index (χ0v) is 10.8. The Bertz CT molecular complexity index is 674. The molecule has 0 saturated heterocycles. The molecule has 21 heavy (non-hydrogen) atoms. The number of anilines is 1. The number of nitrogens with one attached hydrogen (secondary N) is 2. The molecule has 0 spiro atoms. The van der Waals surface area contributed by atoms with Crippen LogP contribution in [0.2, 0.25) is 0 Å². The van der Waals surface area contributed by atoms with Gasteiger partial charge in [0.1, 0.15) is 5.82 Å². The first kappa shape index (κ1) is 14.3. The molecule has 6 nitrogen and oxygen atoms in total. The predicted octanol–water partition coefficient (Wildman–Crippen LogP) is 1.31. The number of hydrogen-bond acceptors (Lipinski definition) is 4. The van der Waals surface area contributed by atoms with Gasteiger partial charge in [-0.25, -0.2) is 9.82 Å². The van der Waals surface area contributed by atoms with Gasteiger partial charge in [-0.15, -0.1) is 0 Å². The molecule has 2 amide bonds. The van der Waals surface area contributed by atoms with E-state index in [4.69, 9.17) is 0 Å². The zero-order chi connectivity index (χ0) is 15.1. The van der Waals surface area contributed by atoms with Crippen LogP contribution in [0.25, 0.3) is 0 Å². The maximum atomic E-state index is 13.3. The van der Waals surface area contributed by atoms with E-state index in [1.807, 2.05) is 5.43 Å². The van der Waals surface area contributed by atoms with Gasteiger partial charge in [-0.3, -0.25) is 14.6 Å². The van der Waals surface area contributed by atoms with Gasteiger partial charge in [-0.1, -0.05) is 18.2 Å².